The number of sulfonamides is 1. The van der Waals surface area contributed by atoms with Gasteiger partial charge in [-0.25, -0.2) is 8.42 Å². The lowest BCUT2D eigenvalue weighted by Gasteiger charge is -2.31. The van der Waals surface area contributed by atoms with Crippen molar-refractivity contribution in [3.8, 4) is 11.5 Å². The number of nitrogens with zero attached hydrogens (tertiary/aromatic N) is 1. The van der Waals surface area contributed by atoms with Gasteiger partial charge in [0.15, 0.2) is 11.5 Å². The molecule has 0 spiro atoms. The largest absolute Gasteiger partial charge is 0.493 e. The predicted molar refractivity (Wildman–Crippen MR) is 119 cm³/mol. The van der Waals surface area contributed by atoms with E-state index in [1.807, 2.05) is 19.1 Å². The number of benzene rings is 2. The van der Waals surface area contributed by atoms with Crippen molar-refractivity contribution in [3.63, 3.8) is 0 Å². The Morgan fingerprint density at radius 1 is 1.19 bits per heavy atom. The lowest BCUT2D eigenvalue weighted by atomic mass is 9.98. The fourth-order valence-electron chi connectivity index (χ4n) is 3.49. The van der Waals surface area contributed by atoms with Crippen molar-refractivity contribution < 1.29 is 22.7 Å². The Kier molecular flexibility index (Phi) is 7.80. The van der Waals surface area contributed by atoms with E-state index in [2.05, 4.69) is 5.32 Å². The lowest BCUT2D eigenvalue weighted by Crippen LogP contribution is -2.48. The number of carbonyl (C=O) groups excluding carboxylic acids is 1. The second-order valence-electron chi connectivity index (χ2n) is 7.53. The molecule has 1 saturated heterocycles. The fraction of sp³-hybridized carbons (Fsp3) is 0.409. The molecule has 168 valence electrons. The third kappa shape index (κ3) is 5.90. The number of rotatable bonds is 8. The van der Waals surface area contributed by atoms with E-state index in [0.717, 1.165) is 0 Å². The van der Waals surface area contributed by atoms with E-state index in [0.29, 0.717) is 35.9 Å². The van der Waals surface area contributed by atoms with Gasteiger partial charge in [-0.3, -0.25) is 4.79 Å². The fourth-order valence-corrected chi connectivity index (χ4v) is 5.14. The summed E-state index contributed by atoms with van der Waals surface area (Å²) in [6.07, 6.45) is 1.26. The molecule has 2 aromatic carbocycles. The van der Waals surface area contributed by atoms with E-state index in [9.17, 15) is 13.2 Å². The predicted octanol–water partition coefficient (Wildman–Crippen LogP) is 3.33. The van der Waals surface area contributed by atoms with Crippen molar-refractivity contribution in [2.45, 2.75) is 30.7 Å². The normalized spacial score (nSPS) is 18.2. The van der Waals surface area contributed by atoms with E-state index in [-0.39, 0.29) is 30.0 Å². The summed E-state index contributed by atoms with van der Waals surface area (Å²) in [5.74, 6) is 0.636. The summed E-state index contributed by atoms with van der Waals surface area (Å²) in [6.45, 7) is 2.65. The van der Waals surface area contributed by atoms with E-state index in [1.165, 1.54) is 16.4 Å². The van der Waals surface area contributed by atoms with Crippen LogP contribution in [-0.4, -0.2) is 51.5 Å². The number of nitrogens with one attached hydrogen (secondary N) is 1. The van der Waals surface area contributed by atoms with Crippen LogP contribution in [0.2, 0.25) is 5.02 Å². The van der Waals surface area contributed by atoms with Gasteiger partial charge in [0, 0.05) is 18.1 Å². The van der Waals surface area contributed by atoms with E-state index in [1.54, 1.807) is 31.4 Å². The molecule has 2 atom stereocenters. The van der Waals surface area contributed by atoms with Crippen molar-refractivity contribution in [1.82, 2.24) is 9.62 Å². The minimum atomic E-state index is -3.67. The van der Waals surface area contributed by atoms with E-state index in [4.69, 9.17) is 21.1 Å². The van der Waals surface area contributed by atoms with Crippen molar-refractivity contribution in [1.29, 1.82) is 0 Å². The molecule has 0 unspecified atom stereocenters. The summed E-state index contributed by atoms with van der Waals surface area (Å²) in [6, 6.07) is 13.1. The number of carbonyl (C=O) groups is 1. The molecule has 1 amide bonds. The first-order valence-corrected chi connectivity index (χ1v) is 11.9. The van der Waals surface area contributed by atoms with Gasteiger partial charge >= 0.3 is 0 Å². The van der Waals surface area contributed by atoms with E-state index < -0.39 is 15.9 Å². The van der Waals surface area contributed by atoms with Crippen LogP contribution in [0.1, 0.15) is 19.8 Å². The molecule has 31 heavy (non-hydrogen) atoms. The van der Waals surface area contributed by atoms with Crippen LogP contribution in [0.3, 0.4) is 0 Å². The van der Waals surface area contributed by atoms with Crippen LogP contribution in [-0.2, 0) is 14.8 Å². The molecule has 1 N–H and O–H groups in total. The smallest absolute Gasteiger partial charge is 0.243 e. The Hall–Kier alpha value is -2.29. The molecule has 0 radical (unpaired) electrons. The number of para-hydroxylation sites is 2. The van der Waals surface area contributed by atoms with Crippen molar-refractivity contribution in [3.05, 3.63) is 53.6 Å². The highest BCUT2D eigenvalue weighted by molar-refractivity contribution is 7.89. The highest BCUT2D eigenvalue weighted by Crippen LogP contribution is 2.26. The Morgan fingerprint density at radius 3 is 2.55 bits per heavy atom. The SMILES string of the molecule is COc1ccccc1OC[C@@H](C)NC(=O)[C@H]1CCCN(S(=O)(=O)c2ccc(Cl)cc2)C1. The average molecular weight is 467 g/mol. The molecule has 0 aromatic heterocycles. The highest BCUT2D eigenvalue weighted by Gasteiger charge is 2.33. The monoisotopic (exact) mass is 466 g/mol. The summed E-state index contributed by atoms with van der Waals surface area (Å²) >= 11 is 5.86. The van der Waals surface area contributed by atoms with Gasteiger partial charge in [-0.1, -0.05) is 23.7 Å². The van der Waals surface area contributed by atoms with Gasteiger partial charge in [0.05, 0.1) is 24.0 Å². The van der Waals surface area contributed by atoms with Crippen LogP contribution in [0.25, 0.3) is 0 Å². The van der Waals surface area contributed by atoms with Crippen LogP contribution < -0.4 is 14.8 Å². The zero-order chi connectivity index (χ0) is 22.4. The zero-order valence-corrected chi connectivity index (χ0v) is 19.2. The van der Waals surface area contributed by atoms with Gasteiger partial charge in [-0.15, -0.1) is 0 Å². The first-order chi connectivity index (χ1) is 14.8. The number of hydrogen-bond donors (Lipinski definition) is 1. The molecule has 1 aliphatic heterocycles. The van der Waals surface area contributed by atoms with Crippen molar-refractivity contribution >= 4 is 27.5 Å². The number of amides is 1. The zero-order valence-electron chi connectivity index (χ0n) is 17.6. The highest BCUT2D eigenvalue weighted by atomic mass is 35.5. The molecule has 0 bridgehead atoms. The molecule has 2 aromatic rings. The van der Waals surface area contributed by atoms with Gasteiger partial charge < -0.3 is 14.8 Å². The van der Waals surface area contributed by atoms with Crippen molar-refractivity contribution in [2.75, 3.05) is 26.8 Å². The standard InChI is InChI=1S/C22H27ClN2O5S/c1-16(15-30-21-8-4-3-7-20(21)29-2)24-22(26)17-6-5-13-25(14-17)31(27,28)19-11-9-18(23)10-12-19/h3-4,7-12,16-17H,5-6,13-15H2,1-2H3,(H,24,26)/t16-,17+/m1/s1. The maximum absolute atomic E-state index is 12.9. The quantitative estimate of drug-likeness (QED) is 0.645. The van der Waals surface area contributed by atoms with Gasteiger partial charge in [-0.05, 0) is 56.2 Å². The molecular formula is C22H27ClN2O5S. The topological polar surface area (TPSA) is 84.9 Å². The first kappa shape index (κ1) is 23.4. The first-order valence-electron chi connectivity index (χ1n) is 10.1. The van der Waals surface area contributed by atoms with Crippen LogP contribution in [0.15, 0.2) is 53.4 Å². The summed E-state index contributed by atoms with van der Waals surface area (Å²) in [7, 11) is -2.10. The lowest BCUT2D eigenvalue weighted by molar-refractivity contribution is -0.126. The summed E-state index contributed by atoms with van der Waals surface area (Å²) < 4.78 is 38.3. The third-order valence-electron chi connectivity index (χ3n) is 5.15. The molecule has 9 heteroatoms. The van der Waals surface area contributed by atoms with Crippen LogP contribution in [0.5, 0.6) is 11.5 Å². The summed E-state index contributed by atoms with van der Waals surface area (Å²) in [5, 5.41) is 3.40. The van der Waals surface area contributed by atoms with Gasteiger partial charge in [-0.2, -0.15) is 4.31 Å². The van der Waals surface area contributed by atoms with Crippen LogP contribution in [0, 0.1) is 5.92 Å². The molecule has 1 heterocycles. The molecule has 1 fully saturated rings. The minimum Gasteiger partial charge on any atom is -0.493 e. The van der Waals surface area contributed by atoms with Crippen LogP contribution >= 0.6 is 11.6 Å². The van der Waals surface area contributed by atoms with Crippen molar-refractivity contribution in [2.24, 2.45) is 5.92 Å². The molecule has 0 saturated carbocycles. The van der Waals surface area contributed by atoms with E-state index >= 15 is 0 Å². The Morgan fingerprint density at radius 2 is 1.87 bits per heavy atom. The minimum absolute atomic E-state index is 0.150. The molecule has 1 aliphatic rings. The Balaban J connectivity index is 1.57. The molecule has 7 nitrogen and oxygen atoms in total. The second kappa shape index (κ2) is 10.3. The maximum atomic E-state index is 12.9. The molecular weight excluding hydrogens is 440 g/mol. The second-order valence-corrected chi connectivity index (χ2v) is 9.90. The van der Waals surface area contributed by atoms with Gasteiger partial charge in [0.1, 0.15) is 6.61 Å². The number of hydrogen-bond acceptors (Lipinski definition) is 5. The molecule has 3 rings (SSSR count). The maximum Gasteiger partial charge on any atom is 0.243 e. The summed E-state index contributed by atoms with van der Waals surface area (Å²) in [5.41, 5.74) is 0. The Bertz CT molecular complexity index is 997. The van der Waals surface area contributed by atoms with Gasteiger partial charge in [0.2, 0.25) is 15.9 Å². The third-order valence-corrected chi connectivity index (χ3v) is 7.28. The number of halogens is 1. The molecule has 0 aliphatic carbocycles. The number of piperidine rings is 1. The summed E-state index contributed by atoms with van der Waals surface area (Å²) in [4.78, 5) is 12.9. The average Bonchev–Trinajstić information content (AvgIpc) is 2.78. The van der Waals surface area contributed by atoms with Gasteiger partial charge in [0.25, 0.3) is 0 Å². The Labute approximate surface area is 188 Å². The number of ether oxygens (including phenoxy) is 2. The van der Waals surface area contributed by atoms with Crippen LogP contribution in [0.4, 0.5) is 0 Å². The number of methoxy groups -OCH3 is 1.